The van der Waals surface area contributed by atoms with Crippen LogP contribution in [0.4, 0.5) is 5.95 Å². The van der Waals surface area contributed by atoms with E-state index in [9.17, 15) is 0 Å². The molecule has 0 aliphatic carbocycles. The molecule has 1 aliphatic rings. The summed E-state index contributed by atoms with van der Waals surface area (Å²) in [6.45, 7) is 8.33. The van der Waals surface area contributed by atoms with Gasteiger partial charge in [-0.15, -0.1) is 0 Å². The van der Waals surface area contributed by atoms with Crippen molar-refractivity contribution >= 4 is 5.95 Å². The summed E-state index contributed by atoms with van der Waals surface area (Å²) in [5.41, 5.74) is 1.00. The molecule has 1 atom stereocenters. The molecular weight excluding hydrogens is 216 g/mol. The molecule has 0 radical (unpaired) electrons. The van der Waals surface area contributed by atoms with E-state index in [1.165, 1.54) is 0 Å². The molecular formula is C12H20N4O. The van der Waals surface area contributed by atoms with Crippen LogP contribution < -0.4 is 10.2 Å². The van der Waals surface area contributed by atoms with E-state index in [0.717, 1.165) is 44.5 Å². The first-order valence-electron chi connectivity index (χ1n) is 6.16. The summed E-state index contributed by atoms with van der Waals surface area (Å²) < 4.78 is 5.52. The number of hydrogen-bond donors (Lipinski definition) is 1. The summed E-state index contributed by atoms with van der Waals surface area (Å²) in [6, 6.07) is 2.24. The lowest BCUT2D eigenvalue weighted by atomic mass is 10.2. The molecule has 1 aromatic rings. The zero-order valence-corrected chi connectivity index (χ0v) is 10.5. The van der Waals surface area contributed by atoms with Crippen LogP contribution in [-0.2, 0) is 4.74 Å². The number of aromatic nitrogens is 2. The molecule has 1 unspecified atom stereocenters. The van der Waals surface area contributed by atoms with Crippen LogP contribution in [0.3, 0.4) is 0 Å². The minimum Gasteiger partial charge on any atom is -0.377 e. The highest BCUT2D eigenvalue weighted by molar-refractivity contribution is 5.33. The fourth-order valence-electron chi connectivity index (χ4n) is 1.97. The Kier molecular flexibility index (Phi) is 4.28. The number of anilines is 1. The van der Waals surface area contributed by atoms with Gasteiger partial charge in [-0.2, -0.15) is 0 Å². The monoisotopic (exact) mass is 236 g/mol. The molecule has 1 aliphatic heterocycles. The van der Waals surface area contributed by atoms with Crippen LogP contribution in [-0.4, -0.2) is 48.9 Å². The highest BCUT2D eigenvalue weighted by Gasteiger charge is 2.24. The van der Waals surface area contributed by atoms with Gasteiger partial charge < -0.3 is 15.0 Å². The molecule has 1 fully saturated rings. The van der Waals surface area contributed by atoms with Gasteiger partial charge in [0.15, 0.2) is 0 Å². The molecule has 0 aromatic carbocycles. The number of rotatable bonds is 4. The van der Waals surface area contributed by atoms with Crippen LogP contribution in [0.15, 0.2) is 12.3 Å². The van der Waals surface area contributed by atoms with E-state index in [1.54, 1.807) is 0 Å². The minimum absolute atomic E-state index is 0.325. The Balaban J connectivity index is 2.10. The number of aryl methyl sites for hydroxylation is 1. The molecule has 1 aromatic heterocycles. The van der Waals surface area contributed by atoms with E-state index in [-0.39, 0.29) is 0 Å². The number of ether oxygens (including phenoxy) is 1. The largest absolute Gasteiger partial charge is 0.377 e. The zero-order valence-electron chi connectivity index (χ0n) is 10.5. The number of nitrogens with one attached hydrogen (secondary N) is 1. The predicted octanol–water partition coefficient (Wildman–Crippen LogP) is 0.600. The fourth-order valence-corrected chi connectivity index (χ4v) is 1.97. The van der Waals surface area contributed by atoms with Gasteiger partial charge in [0.05, 0.1) is 19.3 Å². The van der Waals surface area contributed by atoms with Crippen LogP contribution in [0.2, 0.25) is 0 Å². The molecule has 2 rings (SSSR count). The van der Waals surface area contributed by atoms with Gasteiger partial charge in [0.25, 0.3) is 0 Å². The van der Waals surface area contributed by atoms with E-state index < -0.39 is 0 Å². The summed E-state index contributed by atoms with van der Waals surface area (Å²) in [5.74, 6) is 0.816. The smallest absolute Gasteiger partial charge is 0.225 e. The van der Waals surface area contributed by atoms with Crippen LogP contribution in [0.25, 0.3) is 0 Å². The van der Waals surface area contributed by atoms with Crippen molar-refractivity contribution in [2.24, 2.45) is 0 Å². The third-order valence-corrected chi connectivity index (χ3v) is 2.90. The van der Waals surface area contributed by atoms with E-state index in [1.807, 2.05) is 19.2 Å². The lowest BCUT2D eigenvalue weighted by Gasteiger charge is -2.35. The Bertz CT molecular complexity index is 358. The maximum absolute atomic E-state index is 5.52. The predicted molar refractivity (Wildman–Crippen MR) is 67.3 cm³/mol. The first-order valence-corrected chi connectivity index (χ1v) is 6.16. The molecule has 0 saturated carbocycles. The average molecular weight is 236 g/mol. The standard InChI is InChI=1S/C12H20N4O/c1-3-13-8-11-9-17-7-6-16(11)12-14-5-4-10(2)15-12/h4-5,11,13H,3,6-9H2,1-2H3. The van der Waals surface area contributed by atoms with Crippen molar-refractivity contribution in [3.05, 3.63) is 18.0 Å². The van der Waals surface area contributed by atoms with Crippen molar-refractivity contribution in [2.75, 3.05) is 37.7 Å². The average Bonchev–Trinajstić information content (AvgIpc) is 2.37. The van der Waals surface area contributed by atoms with Crippen LogP contribution in [0.5, 0.6) is 0 Å². The summed E-state index contributed by atoms with van der Waals surface area (Å²) >= 11 is 0. The minimum atomic E-state index is 0.325. The normalized spacial score (nSPS) is 20.6. The third-order valence-electron chi connectivity index (χ3n) is 2.90. The second kappa shape index (κ2) is 5.93. The molecule has 94 valence electrons. The van der Waals surface area contributed by atoms with Gasteiger partial charge in [-0.05, 0) is 19.5 Å². The highest BCUT2D eigenvalue weighted by Crippen LogP contribution is 2.14. The molecule has 1 saturated heterocycles. The fraction of sp³-hybridized carbons (Fsp3) is 0.667. The van der Waals surface area contributed by atoms with Crippen molar-refractivity contribution < 1.29 is 4.74 Å². The van der Waals surface area contributed by atoms with Crippen molar-refractivity contribution in [2.45, 2.75) is 19.9 Å². The Morgan fingerprint density at radius 3 is 3.24 bits per heavy atom. The summed E-state index contributed by atoms with van der Waals surface area (Å²) in [5, 5.41) is 3.36. The Morgan fingerprint density at radius 1 is 1.59 bits per heavy atom. The van der Waals surface area contributed by atoms with Crippen LogP contribution in [0.1, 0.15) is 12.6 Å². The van der Waals surface area contributed by atoms with Gasteiger partial charge in [0.1, 0.15) is 0 Å². The summed E-state index contributed by atoms with van der Waals surface area (Å²) in [4.78, 5) is 11.1. The van der Waals surface area contributed by atoms with Crippen molar-refractivity contribution in [1.82, 2.24) is 15.3 Å². The Labute approximate surface area is 102 Å². The number of nitrogens with zero attached hydrogens (tertiary/aromatic N) is 3. The number of likely N-dealkylation sites (N-methyl/N-ethyl adjacent to an activating group) is 1. The third kappa shape index (κ3) is 3.14. The maximum Gasteiger partial charge on any atom is 0.225 e. The topological polar surface area (TPSA) is 50.3 Å². The van der Waals surface area contributed by atoms with Crippen LogP contribution in [0, 0.1) is 6.92 Å². The molecule has 5 heteroatoms. The quantitative estimate of drug-likeness (QED) is 0.829. The van der Waals surface area contributed by atoms with Gasteiger partial charge in [0.2, 0.25) is 5.95 Å². The van der Waals surface area contributed by atoms with Crippen molar-refractivity contribution in [1.29, 1.82) is 0 Å². The maximum atomic E-state index is 5.52. The lowest BCUT2D eigenvalue weighted by molar-refractivity contribution is 0.0930. The number of morpholine rings is 1. The first-order chi connectivity index (χ1) is 8.31. The second-order valence-corrected chi connectivity index (χ2v) is 4.23. The van der Waals surface area contributed by atoms with Gasteiger partial charge in [-0.1, -0.05) is 6.92 Å². The molecule has 17 heavy (non-hydrogen) atoms. The Hall–Kier alpha value is -1.20. The Morgan fingerprint density at radius 2 is 2.47 bits per heavy atom. The summed E-state index contributed by atoms with van der Waals surface area (Å²) in [7, 11) is 0. The molecule has 0 amide bonds. The lowest BCUT2D eigenvalue weighted by Crippen LogP contribution is -2.51. The van der Waals surface area contributed by atoms with Gasteiger partial charge in [-0.3, -0.25) is 0 Å². The molecule has 0 bridgehead atoms. The summed E-state index contributed by atoms with van der Waals surface area (Å²) in [6.07, 6.45) is 1.82. The first kappa shape index (κ1) is 12.3. The van der Waals surface area contributed by atoms with E-state index in [0.29, 0.717) is 6.04 Å². The zero-order chi connectivity index (χ0) is 12.1. The SMILES string of the molecule is CCNCC1COCCN1c1nccc(C)n1. The van der Waals surface area contributed by atoms with Crippen molar-refractivity contribution in [3.63, 3.8) is 0 Å². The molecule has 1 N–H and O–H groups in total. The number of hydrogen-bond acceptors (Lipinski definition) is 5. The highest BCUT2D eigenvalue weighted by atomic mass is 16.5. The molecule has 5 nitrogen and oxygen atoms in total. The second-order valence-electron chi connectivity index (χ2n) is 4.23. The molecule has 0 spiro atoms. The van der Waals surface area contributed by atoms with E-state index in [4.69, 9.17) is 4.74 Å². The van der Waals surface area contributed by atoms with Gasteiger partial charge in [0, 0.05) is 25.0 Å². The van der Waals surface area contributed by atoms with Crippen LogP contribution >= 0.6 is 0 Å². The van der Waals surface area contributed by atoms with Crippen molar-refractivity contribution in [3.8, 4) is 0 Å². The van der Waals surface area contributed by atoms with Gasteiger partial charge in [-0.25, -0.2) is 9.97 Å². The van der Waals surface area contributed by atoms with Gasteiger partial charge >= 0.3 is 0 Å². The van der Waals surface area contributed by atoms with E-state index >= 15 is 0 Å². The molecule has 2 heterocycles. The van der Waals surface area contributed by atoms with E-state index in [2.05, 4.69) is 27.1 Å².